The summed E-state index contributed by atoms with van der Waals surface area (Å²) in [5.41, 5.74) is 1.75. The summed E-state index contributed by atoms with van der Waals surface area (Å²) in [6.07, 6.45) is 0. The maximum Gasteiger partial charge on any atom is 0.0507 e. The molecule has 4 bridgehead atoms. The average Bonchev–Trinajstić information content (AvgIpc) is 2.38. The maximum atomic E-state index is 3.64. The van der Waals surface area contributed by atoms with Gasteiger partial charge in [-0.15, -0.1) is 0 Å². The molecule has 1 N–H and O–H groups in total. The number of halogens is 1. The Morgan fingerprint density at radius 3 is 2.63 bits per heavy atom. The monoisotopic (exact) mass is 321 g/mol. The molecule has 1 aromatic carbocycles. The van der Waals surface area contributed by atoms with Gasteiger partial charge in [0.05, 0.1) is 6.67 Å². The lowest BCUT2D eigenvalue weighted by molar-refractivity contribution is -0.106. The Morgan fingerprint density at radius 1 is 1.26 bits per heavy atom. The molecule has 0 saturated carbocycles. The van der Waals surface area contributed by atoms with Crippen molar-refractivity contribution in [1.29, 1.82) is 0 Å². The van der Waals surface area contributed by atoms with Gasteiger partial charge >= 0.3 is 0 Å². The fourth-order valence-electron chi connectivity index (χ4n) is 4.73. The Morgan fingerprint density at radius 2 is 2.00 bits per heavy atom. The summed E-state index contributed by atoms with van der Waals surface area (Å²) in [6.45, 7) is 6.09. The zero-order valence-electron chi connectivity index (χ0n) is 11.3. The first kappa shape index (κ1) is 12.3. The van der Waals surface area contributed by atoms with Gasteiger partial charge in [0.15, 0.2) is 0 Å². The van der Waals surface area contributed by atoms with Crippen LogP contribution in [0.3, 0.4) is 0 Å². The second kappa shape index (κ2) is 4.29. The smallest absolute Gasteiger partial charge is 0.0507 e. The summed E-state index contributed by atoms with van der Waals surface area (Å²) in [5, 5.41) is 3.64. The van der Waals surface area contributed by atoms with Crippen molar-refractivity contribution < 1.29 is 0 Å². The van der Waals surface area contributed by atoms with E-state index in [0.717, 1.165) is 5.92 Å². The molecule has 4 fully saturated rings. The zero-order chi connectivity index (χ0) is 13.0. The van der Waals surface area contributed by atoms with Crippen molar-refractivity contribution in [3.05, 3.63) is 34.3 Å². The van der Waals surface area contributed by atoms with E-state index < -0.39 is 0 Å². The minimum absolute atomic E-state index is 0.262. The number of hydrogen-bond acceptors (Lipinski definition) is 3. The Labute approximate surface area is 123 Å². The van der Waals surface area contributed by atoms with Crippen LogP contribution in [-0.2, 0) is 5.41 Å². The highest BCUT2D eigenvalue weighted by Crippen LogP contribution is 2.44. The van der Waals surface area contributed by atoms with E-state index in [1.807, 2.05) is 0 Å². The molecule has 0 spiro atoms. The number of nitrogens with zero attached hydrogens (tertiary/aromatic N) is 2. The minimum Gasteiger partial charge on any atom is -0.316 e. The van der Waals surface area contributed by atoms with Crippen molar-refractivity contribution in [2.24, 2.45) is 5.92 Å². The first-order chi connectivity index (χ1) is 9.21. The normalized spacial score (nSPS) is 43.7. The third-order valence-electron chi connectivity index (χ3n) is 5.17. The van der Waals surface area contributed by atoms with Crippen molar-refractivity contribution in [3.63, 3.8) is 0 Å². The van der Waals surface area contributed by atoms with Crippen LogP contribution in [0.4, 0.5) is 0 Å². The van der Waals surface area contributed by atoms with Crippen LogP contribution in [0.15, 0.2) is 28.7 Å². The standard InChI is InChI=1S/C15H20BrN3/c1-17-14-11-6-18-8-15(14,9-19(7-11)10-18)12-3-2-4-13(16)5-12/h2-5,11,14,17H,6-10H2,1H3. The quantitative estimate of drug-likeness (QED) is 0.890. The van der Waals surface area contributed by atoms with Gasteiger partial charge in [-0.2, -0.15) is 0 Å². The van der Waals surface area contributed by atoms with E-state index in [4.69, 9.17) is 0 Å². The van der Waals surface area contributed by atoms with Crippen LogP contribution in [-0.4, -0.2) is 55.7 Å². The molecule has 3 nitrogen and oxygen atoms in total. The van der Waals surface area contributed by atoms with Crippen molar-refractivity contribution in [1.82, 2.24) is 15.1 Å². The summed E-state index contributed by atoms with van der Waals surface area (Å²) in [5.74, 6) is 0.764. The first-order valence-corrected chi connectivity index (χ1v) is 7.89. The van der Waals surface area contributed by atoms with E-state index in [0.29, 0.717) is 6.04 Å². The average molecular weight is 322 g/mol. The third kappa shape index (κ3) is 1.74. The van der Waals surface area contributed by atoms with Crippen LogP contribution >= 0.6 is 15.9 Å². The van der Waals surface area contributed by atoms with Crippen LogP contribution in [0.25, 0.3) is 0 Å². The highest BCUT2D eigenvalue weighted by Gasteiger charge is 2.56. The highest BCUT2D eigenvalue weighted by atomic mass is 79.9. The van der Waals surface area contributed by atoms with Gasteiger partial charge < -0.3 is 5.32 Å². The van der Waals surface area contributed by atoms with E-state index in [1.165, 1.54) is 42.9 Å². The maximum absolute atomic E-state index is 3.64. The molecule has 4 aliphatic rings. The molecule has 3 atom stereocenters. The number of hydrogen-bond donors (Lipinski definition) is 1. The molecule has 0 amide bonds. The van der Waals surface area contributed by atoms with E-state index in [2.05, 4.69) is 62.4 Å². The number of rotatable bonds is 2. The lowest BCUT2D eigenvalue weighted by Gasteiger charge is -2.63. The molecule has 5 rings (SSSR count). The van der Waals surface area contributed by atoms with Gasteiger partial charge in [0.2, 0.25) is 0 Å². The van der Waals surface area contributed by atoms with Gasteiger partial charge in [-0.25, -0.2) is 0 Å². The Bertz CT molecular complexity index is 490. The molecule has 4 aliphatic heterocycles. The molecule has 4 heteroatoms. The molecule has 3 unspecified atom stereocenters. The van der Waals surface area contributed by atoms with Gasteiger partial charge in [0.25, 0.3) is 0 Å². The SMILES string of the molecule is CNC1C2CN3CN(C2)CC1(c1cccc(Br)c1)C3. The summed E-state index contributed by atoms with van der Waals surface area (Å²) in [7, 11) is 2.14. The lowest BCUT2D eigenvalue weighted by atomic mass is 9.62. The largest absolute Gasteiger partial charge is 0.316 e. The summed E-state index contributed by atoms with van der Waals surface area (Å²) >= 11 is 3.64. The number of piperidine rings is 2. The molecular weight excluding hydrogens is 302 g/mol. The number of nitrogens with one attached hydrogen (secondary N) is 1. The topological polar surface area (TPSA) is 18.5 Å². The predicted molar refractivity (Wildman–Crippen MR) is 80.2 cm³/mol. The van der Waals surface area contributed by atoms with Crippen molar-refractivity contribution in [3.8, 4) is 0 Å². The Hall–Kier alpha value is -0.420. The molecule has 4 heterocycles. The summed E-state index contributed by atoms with van der Waals surface area (Å²) < 4.78 is 1.19. The van der Waals surface area contributed by atoms with Gasteiger partial charge in [0, 0.05) is 48.0 Å². The Kier molecular flexibility index (Phi) is 2.78. The second-order valence-corrected chi connectivity index (χ2v) is 7.27. The summed E-state index contributed by atoms with van der Waals surface area (Å²) in [4.78, 5) is 5.26. The third-order valence-corrected chi connectivity index (χ3v) is 5.67. The van der Waals surface area contributed by atoms with Crippen LogP contribution in [0.1, 0.15) is 5.56 Å². The molecule has 0 aliphatic carbocycles. The fourth-order valence-corrected chi connectivity index (χ4v) is 5.13. The van der Waals surface area contributed by atoms with E-state index >= 15 is 0 Å². The van der Waals surface area contributed by atoms with Crippen molar-refractivity contribution in [2.45, 2.75) is 11.5 Å². The molecule has 1 aromatic rings. The molecular formula is C15H20BrN3. The van der Waals surface area contributed by atoms with Crippen LogP contribution in [0.2, 0.25) is 0 Å². The molecule has 0 aromatic heterocycles. The van der Waals surface area contributed by atoms with Crippen molar-refractivity contribution in [2.75, 3.05) is 39.9 Å². The minimum atomic E-state index is 0.262. The summed E-state index contributed by atoms with van der Waals surface area (Å²) in [6, 6.07) is 9.54. The van der Waals surface area contributed by atoms with Gasteiger partial charge in [-0.3, -0.25) is 9.80 Å². The Balaban J connectivity index is 1.82. The van der Waals surface area contributed by atoms with Gasteiger partial charge in [0.1, 0.15) is 0 Å². The predicted octanol–water partition coefficient (Wildman–Crippen LogP) is 1.49. The van der Waals surface area contributed by atoms with Crippen molar-refractivity contribution >= 4 is 15.9 Å². The van der Waals surface area contributed by atoms with Crippen LogP contribution in [0, 0.1) is 5.92 Å². The van der Waals surface area contributed by atoms with Crippen LogP contribution < -0.4 is 5.32 Å². The van der Waals surface area contributed by atoms with E-state index in [9.17, 15) is 0 Å². The number of likely N-dealkylation sites (N-methyl/N-ethyl adjacent to an activating group) is 1. The van der Waals surface area contributed by atoms with Gasteiger partial charge in [-0.1, -0.05) is 28.1 Å². The van der Waals surface area contributed by atoms with Crippen LogP contribution in [0.5, 0.6) is 0 Å². The van der Waals surface area contributed by atoms with E-state index in [-0.39, 0.29) is 5.41 Å². The molecule has 102 valence electrons. The fraction of sp³-hybridized carbons (Fsp3) is 0.600. The molecule has 0 radical (unpaired) electrons. The molecule has 19 heavy (non-hydrogen) atoms. The number of benzene rings is 1. The van der Waals surface area contributed by atoms with Gasteiger partial charge in [-0.05, 0) is 24.7 Å². The zero-order valence-corrected chi connectivity index (χ0v) is 12.9. The molecule has 4 saturated heterocycles. The second-order valence-electron chi connectivity index (χ2n) is 6.36. The first-order valence-electron chi connectivity index (χ1n) is 7.09. The lowest BCUT2D eigenvalue weighted by Crippen LogP contribution is -2.77. The highest BCUT2D eigenvalue weighted by molar-refractivity contribution is 9.10. The van der Waals surface area contributed by atoms with E-state index in [1.54, 1.807) is 0 Å².